The average molecular weight is 394 g/mol. The summed E-state index contributed by atoms with van der Waals surface area (Å²) in [6.45, 7) is 0.444. The second-order valence-electron chi connectivity index (χ2n) is 6.50. The number of nitrogens with two attached hydrogens (primary N) is 1. The van der Waals surface area contributed by atoms with Gasteiger partial charge in [-0.25, -0.2) is 15.2 Å². The molecular formula is C21H19FN4O3. The zero-order valence-electron chi connectivity index (χ0n) is 15.7. The van der Waals surface area contributed by atoms with E-state index < -0.39 is 5.91 Å². The summed E-state index contributed by atoms with van der Waals surface area (Å²) in [5.74, 6) is 5.14. The number of nitrogen functional groups attached to an aromatic ring is 1. The molecule has 0 saturated carbocycles. The quantitative estimate of drug-likeness (QED) is 0.265. The first-order chi connectivity index (χ1) is 14.1. The zero-order valence-corrected chi connectivity index (χ0v) is 15.7. The van der Waals surface area contributed by atoms with E-state index in [1.54, 1.807) is 25.4 Å². The Labute approximate surface area is 165 Å². The van der Waals surface area contributed by atoms with Crippen LogP contribution >= 0.6 is 0 Å². The van der Waals surface area contributed by atoms with Crippen molar-refractivity contribution in [3.63, 3.8) is 0 Å². The molecule has 8 heteroatoms. The molecule has 2 aromatic heterocycles. The first-order valence-electron chi connectivity index (χ1n) is 8.91. The minimum absolute atomic E-state index is 0.173. The Morgan fingerprint density at radius 1 is 1.14 bits per heavy atom. The van der Waals surface area contributed by atoms with Crippen LogP contribution < -0.4 is 16.0 Å². The standard InChI is InChI=1S/C21H19FN4O3/c1-28-11-14-18-16(9-24-20(14)21(27)26-23)25-15-3-2-4-17(19(15)18)29-10-12-5-7-13(22)8-6-12/h2-9,25H,10-11,23H2,1H3,(H,26,27). The molecule has 7 nitrogen and oxygen atoms in total. The van der Waals surface area contributed by atoms with Crippen LogP contribution in [0.5, 0.6) is 5.75 Å². The number of amides is 1. The van der Waals surface area contributed by atoms with Gasteiger partial charge in [-0.1, -0.05) is 18.2 Å². The smallest absolute Gasteiger partial charge is 0.284 e. The van der Waals surface area contributed by atoms with Crippen molar-refractivity contribution in [2.24, 2.45) is 5.84 Å². The molecule has 0 spiro atoms. The van der Waals surface area contributed by atoms with E-state index in [1.165, 1.54) is 12.1 Å². The van der Waals surface area contributed by atoms with Gasteiger partial charge in [-0.15, -0.1) is 0 Å². The maximum Gasteiger partial charge on any atom is 0.284 e. The van der Waals surface area contributed by atoms with Crippen molar-refractivity contribution in [2.45, 2.75) is 13.2 Å². The summed E-state index contributed by atoms with van der Waals surface area (Å²) in [7, 11) is 1.55. The van der Waals surface area contributed by atoms with Gasteiger partial charge >= 0.3 is 0 Å². The van der Waals surface area contributed by atoms with Gasteiger partial charge in [-0.05, 0) is 29.8 Å². The molecule has 0 aliphatic rings. The Balaban J connectivity index is 1.85. The number of carbonyl (C=O) groups excluding carboxylic acids is 1. The highest BCUT2D eigenvalue weighted by atomic mass is 19.1. The van der Waals surface area contributed by atoms with Crippen LogP contribution in [0.3, 0.4) is 0 Å². The number of hydrazine groups is 1. The number of fused-ring (bicyclic) bond motifs is 3. The monoisotopic (exact) mass is 394 g/mol. The Morgan fingerprint density at radius 2 is 1.93 bits per heavy atom. The Kier molecular flexibility index (Phi) is 5.11. The lowest BCUT2D eigenvalue weighted by Gasteiger charge is -2.11. The van der Waals surface area contributed by atoms with Gasteiger partial charge in [0.2, 0.25) is 0 Å². The molecule has 0 aliphatic carbocycles. The summed E-state index contributed by atoms with van der Waals surface area (Å²) < 4.78 is 24.5. The maximum atomic E-state index is 13.1. The van der Waals surface area contributed by atoms with Gasteiger partial charge in [0.1, 0.15) is 23.9 Å². The molecular weight excluding hydrogens is 375 g/mol. The fourth-order valence-corrected chi connectivity index (χ4v) is 3.38. The van der Waals surface area contributed by atoms with Crippen molar-refractivity contribution in [1.29, 1.82) is 0 Å². The van der Waals surface area contributed by atoms with E-state index in [4.69, 9.17) is 15.3 Å². The number of carbonyl (C=O) groups is 1. The van der Waals surface area contributed by atoms with Crippen molar-refractivity contribution >= 4 is 27.7 Å². The third-order valence-electron chi connectivity index (χ3n) is 4.67. The molecule has 2 heterocycles. The number of pyridine rings is 1. The topological polar surface area (TPSA) is 102 Å². The highest BCUT2D eigenvalue weighted by molar-refractivity contribution is 6.14. The van der Waals surface area contributed by atoms with Crippen LogP contribution in [0, 0.1) is 5.82 Å². The minimum Gasteiger partial charge on any atom is -0.488 e. The first-order valence-corrected chi connectivity index (χ1v) is 8.91. The van der Waals surface area contributed by atoms with Gasteiger partial charge < -0.3 is 14.5 Å². The molecule has 0 bridgehead atoms. The predicted molar refractivity (Wildman–Crippen MR) is 107 cm³/mol. The predicted octanol–water partition coefficient (Wildman–Crippen LogP) is 3.18. The molecule has 29 heavy (non-hydrogen) atoms. The zero-order chi connectivity index (χ0) is 20.4. The lowest BCUT2D eigenvalue weighted by atomic mass is 10.0. The van der Waals surface area contributed by atoms with Crippen molar-refractivity contribution in [1.82, 2.24) is 15.4 Å². The minimum atomic E-state index is -0.502. The van der Waals surface area contributed by atoms with E-state index in [9.17, 15) is 9.18 Å². The van der Waals surface area contributed by atoms with E-state index in [0.717, 1.165) is 27.4 Å². The van der Waals surface area contributed by atoms with Crippen molar-refractivity contribution < 1.29 is 18.7 Å². The van der Waals surface area contributed by atoms with Crippen LogP contribution in [0.4, 0.5) is 4.39 Å². The molecule has 0 radical (unpaired) electrons. The molecule has 4 rings (SSSR count). The molecule has 4 N–H and O–H groups in total. The Hall–Kier alpha value is -3.49. The summed E-state index contributed by atoms with van der Waals surface area (Å²) in [6, 6.07) is 11.8. The van der Waals surface area contributed by atoms with Crippen LogP contribution in [-0.2, 0) is 18.0 Å². The van der Waals surface area contributed by atoms with Gasteiger partial charge in [-0.2, -0.15) is 0 Å². The third kappa shape index (κ3) is 3.51. The van der Waals surface area contributed by atoms with E-state index in [-0.39, 0.29) is 24.7 Å². The normalized spacial score (nSPS) is 11.1. The van der Waals surface area contributed by atoms with Crippen molar-refractivity contribution in [3.8, 4) is 5.75 Å². The summed E-state index contributed by atoms with van der Waals surface area (Å²) in [5.41, 5.74) is 5.34. The van der Waals surface area contributed by atoms with Crippen LogP contribution in [0.15, 0.2) is 48.7 Å². The number of hydrogen-bond acceptors (Lipinski definition) is 5. The number of benzene rings is 2. The number of methoxy groups -OCH3 is 1. The largest absolute Gasteiger partial charge is 0.488 e. The maximum absolute atomic E-state index is 13.1. The number of H-pyrrole nitrogens is 1. The number of nitrogens with one attached hydrogen (secondary N) is 2. The number of halogens is 1. The van der Waals surface area contributed by atoms with Crippen LogP contribution in [0.2, 0.25) is 0 Å². The fourth-order valence-electron chi connectivity index (χ4n) is 3.38. The number of rotatable bonds is 6. The van der Waals surface area contributed by atoms with Crippen LogP contribution in [-0.4, -0.2) is 23.0 Å². The van der Waals surface area contributed by atoms with Crippen molar-refractivity contribution in [3.05, 3.63) is 71.3 Å². The number of aromatic amines is 1. The molecule has 148 valence electrons. The van der Waals surface area contributed by atoms with Gasteiger partial charge in [0.15, 0.2) is 0 Å². The summed E-state index contributed by atoms with van der Waals surface area (Å²) >= 11 is 0. The van der Waals surface area contributed by atoms with E-state index >= 15 is 0 Å². The second-order valence-corrected chi connectivity index (χ2v) is 6.50. The van der Waals surface area contributed by atoms with Gasteiger partial charge in [0.05, 0.1) is 23.8 Å². The number of hydrogen-bond donors (Lipinski definition) is 3. The first kappa shape index (κ1) is 18.9. The average Bonchev–Trinajstić information content (AvgIpc) is 3.13. The van der Waals surface area contributed by atoms with Crippen LogP contribution in [0.25, 0.3) is 21.8 Å². The molecule has 0 fully saturated rings. The third-order valence-corrected chi connectivity index (χ3v) is 4.67. The van der Waals surface area contributed by atoms with Crippen molar-refractivity contribution in [2.75, 3.05) is 7.11 Å². The van der Waals surface area contributed by atoms with Gasteiger partial charge in [-0.3, -0.25) is 10.2 Å². The van der Waals surface area contributed by atoms with E-state index in [2.05, 4.69) is 15.4 Å². The van der Waals surface area contributed by atoms with Gasteiger partial charge in [0, 0.05) is 23.4 Å². The van der Waals surface area contributed by atoms with E-state index in [1.807, 2.05) is 18.2 Å². The second kappa shape index (κ2) is 7.86. The van der Waals surface area contributed by atoms with Gasteiger partial charge in [0.25, 0.3) is 5.91 Å². The molecule has 0 saturated heterocycles. The summed E-state index contributed by atoms with van der Waals surface area (Å²) in [6.07, 6.45) is 1.59. The SMILES string of the molecule is COCc1c(C(=O)NN)ncc2[nH]c3cccc(OCc4ccc(F)cc4)c3c12. The molecule has 0 unspecified atom stereocenters. The lowest BCUT2D eigenvalue weighted by molar-refractivity contribution is 0.0943. The van der Waals surface area contributed by atoms with Crippen LogP contribution in [0.1, 0.15) is 21.6 Å². The number of ether oxygens (including phenoxy) is 2. The Morgan fingerprint density at radius 3 is 2.66 bits per heavy atom. The Bertz CT molecular complexity index is 1190. The summed E-state index contributed by atoms with van der Waals surface area (Å²) in [4.78, 5) is 19.7. The summed E-state index contributed by atoms with van der Waals surface area (Å²) in [5, 5.41) is 1.59. The molecule has 0 atom stereocenters. The molecule has 0 aliphatic heterocycles. The fraction of sp³-hybridized carbons (Fsp3) is 0.143. The highest BCUT2D eigenvalue weighted by Gasteiger charge is 2.20. The number of nitrogens with zero attached hydrogens (tertiary/aromatic N) is 1. The molecule has 2 aromatic carbocycles. The van der Waals surface area contributed by atoms with E-state index in [0.29, 0.717) is 11.3 Å². The number of aromatic nitrogens is 2. The highest BCUT2D eigenvalue weighted by Crippen LogP contribution is 2.36. The molecule has 1 amide bonds. The lowest BCUT2D eigenvalue weighted by Crippen LogP contribution is -2.31. The molecule has 4 aromatic rings.